The van der Waals surface area contributed by atoms with Gasteiger partial charge in [-0.1, -0.05) is 25.0 Å². The number of hydrogen-bond acceptors (Lipinski definition) is 6. The number of rotatable bonds is 5. The number of pyridine rings is 1. The molecule has 5 rings (SSSR count). The number of hydrogen-bond donors (Lipinski definition) is 2. The van der Waals surface area contributed by atoms with E-state index in [0.717, 1.165) is 19.3 Å². The summed E-state index contributed by atoms with van der Waals surface area (Å²) in [7, 11) is -2.66. The zero-order valence-corrected chi connectivity index (χ0v) is 17.6. The average molecular weight is 439 g/mol. The molecule has 0 amide bonds. The number of aryl methyl sites for hydroxylation is 1. The second-order valence-corrected chi connectivity index (χ2v) is 9.40. The van der Waals surface area contributed by atoms with Crippen LogP contribution in [0.3, 0.4) is 0 Å². The number of nitrogens with one attached hydrogen (secondary N) is 1. The van der Waals surface area contributed by atoms with Crippen molar-refractivity contribution in [3.8, 4) is 11.5 Å². The van der Waals surface area contributed by atoms with E-state index in [-0.39, 0.29) is 27.7 Å². The lowest BCUT2D eigenvalue weighted by molar-refractivity contribution is 0.413. The number of anilines is 1. The molecule has 8 nitrogen and oxygen atoms in total. The predicted octanol–water partition coefficient (Wildman–Crippen LogP) is 3.08. The van der Waals surface area contributed by atoms with Crippen molar-refractivity contribution in [2.75, 3.05) is 12.4 Å². The number of aromatic hydroxyl groups is 1. The maximum Gasteiger partial charge on any atom is 0.286 e. The molecule has 0 bridgehead atoms. The van der Waals surface area contributed by atoms with E-state index in [9.17, 15) is 18.3 Å². The maximum atomic E-state index is 13.4. The molecule has 1 aromatic heterocycles. The molecule has 1 fully saturated rings. The van der Waals surface area contributed by atoms with Crippen LogP contribution in [0.4, 0.5) is 5.69 Å². The lowest BCUT2D eigenvalue weighted by Gasteiger charge is -2.21. The van der Waals surface area contributed by atoms with Crippen LogP contribution in [0.25, 0.3) is 10.9 Å². The summed E-state index contributed by atoms with van der Waals surface area (Å²) >= 11 is 0. The van der Waals surface area contributed by atoms with Crippen molar-refractivity contribution in [2.45, 2.75) is 30.7 Å². The summed E-state index contributed by atoms with van der Waals surface area (Å²) in [4.78, 5) is 13.4. The molecule has 1 aliphatic heterocycles. The number of ether oxygens (including phenoxy) is 1. The van der Waals surface area contributed by atoms with Gasteiger partial charge in [-0.05, 0) is 36.6 Å². The third kappa shape index (κ3) is 3.34. The van der Waals surface area contributed by atoms with Crippen molar-refractivity contribution < 1.29 is 18.3 Å². The van der Waals surface area contributed by atoms with E-state index in [2.05, 4.69) is 9.71 Å². The van der Waals surface area contributed by atoms with Crippen LogP contribution in [0.2, 0.25) is 0 Å². The van der Waals surface area contributed by atoms with Crippen molar-refractivity contribution >= 4 is 32.4 Å². The molecule has 2 heterocycles. The lowest BCUT2D eigenvalue weighted by atomic mass is 10.1. The predicted molar refractivity (Wildman–Crippen MR) is 118 cm³/mol. The van der Waals surface area contributed by atoms with Crippen LogP contribution in [0.1, 0.15) is 24.8 Å². The smallest absolute Gasteiger partial charge is 0.286 e. The molecule has 0 radical (unpaired) electrons. The van der Waals surface area contributed by atoms with Crippen molar-refractivity contribution in [1.29, 1.82) is 0 Å². The van der Waals surface area contributed by atoms with Gasteiger partial charge in [0.1, 0.15) is 22.0 Å². The summed E-state index contributed by atoms with van der Waals surface area (Å²) in [6, 6.07) is 11.6. The molecule has 0 spiro atoms. The molecule has 2 aromatic carbocycles. The minimum Gasteiger partial charge on any atom is -0.506 e. The molecular formula is C22H21N3O5S. The first-order valence-corrected chi connectivity index (χ1v) is 11.5. The zero-order chi connectivity index (χ0) is 21.8. The van der Waals surface area contributed by atoms with Crippen LogP contribution < -0.4 is 15.6 Å². The topological polar surface area (TPSA) is 110 Å². The fourth-order valence-corrected chi connectivity index (χ4v) is 5.06. The highest BCUT2D eigenvalue weighted by atomic mass is 32.2. The molecule has 0 unspecified atom stereocenters. The number of para-hydroxylation sites is 1. The highest BCUT2D eigenvalue weighted by Gasteiger charge is 2.30. The fourth-order valence-electron chi connectivity index (χ4n) is 3.92. The Morgan fingerprint density at radius 1 is 1.23 bits per heavy atom. The highest BCUT2D eigenvalue weighted by molar-refractivity contribution is 7.90. The van der Waals surface area contributed by atoms with Gasteiger partial charge < -0.3 is 19.7 Å². The quantitative estimate of drug-likeness (QED) is 0.632. The van der Waals surface area contributed by atoms with Gasteiger partial charge in [-0.25, -0.2) is 0 Å². The summed E-state index contributed by atoms with van der Waals surface area (Å²) in [5.74, 6) is 0.502. The van der Waals surface area contributed by atoms with Crippen molar-refractivity contribution in [3.63, 3.8) is 0 Å². The Morgan fingerprint density at radius 2 is 2.00 bits per heavy atom. The van der Waals surface area contributed by atoms with E-state index in [0.29, 0.717) is 29.1 Å². The van der Waals surface area contributed by atoms with Gasteiger partial charge in [0, 0.05) is 18.0 Å². The molecular weight excluding hydrogens is 418 g/mol. The molecule has 1 aliphatic carbocycles. The number of nitrogens with zero attached hydrogens (tertiary/aromatic N) is 2. The fraction of sp³-hybridized carbons (Fsp3) is 0.273. The van der Waals surface area contributed by atoms with E-state index in [1.54, 1.807) is 41.0 Å². The number of methoxy groups -OCH3 is 1. The Labute approximate surface area is 178 Å². The second kappa shape index (κ2) is 7.12. The molecule has 0 saturated heterocycles. The van der Waals surface area contributed by atoms with Crippen LogP contribution in [0, 0.1) is 5.92 Å². The van der Waals surface area contributed by atoms with Crippen molar-refractivity contribution in [1.82, 2.24) is 4.57 Å². The zero-order valence-electron chi connectivity index (χ0n) is 16.8. The third-order valence-electron chi connectivity index (χ3n) is 5.77. The molecule has 160 valence electrons. The number of amidine groups is 1. The van der Waals surface area contributed by atoms with Gasteiger partial charge in [-0.3, -0.25) is 4.79 Å². The van der Waals surface area contributed by atoms with E-state index in [4.69, 9.17) is 4.74 Å². The maximum absolute atomic E-state index is 13.4. The number of fused-ring (bicyclic) bond motifs is 2. The second-order valence-electron chi connectivity index (χ2n) is 7.83. The Kier molecular flexibility index (Phi) is 4.51. The first-order valence-electron chi connectivity index (χ1n) is 10.0. The summed E-state index contributed by atoms with van der Waals surface area (Å²) in [6.45, 7) is 0.491. The Bertz CT molecular complexity index is 1400. The Hall–Kier alpha value is -3.33. The van der Waals surface area contributed by atoms with Gasteiger partial charge in [-0.15, -0.1) is 4.40 Å². The van der Waals surface area contributed by atoms with E-state index in [1.807, 2.05) is 0 Å². The SMILES string of the molecule is COc1ccc2c(c1)S(=O)(=O)N=C(c1c(O)c3ccccc3n(CCC3CC3)c1=O)N2. The van der Waals surface area contributed by atoms with Gasteiger partial charge >= 0.3 is 0 Å². The molecule has 9 heteroatoms. The number of benzene rings is 2. The summed E-state index contributed by atoms with van der Waals surface area (Å²) in [6.07, 6.45) is 3.17. The Balaban J connectivity index is 1.70. The molecule has 31 heavy (non-hydrogen) atoms. The summed E-state index contributed by atoms with van der Waals surface area (Å²) in [5, 5.41) is 14.3. The normalized spacial score (nSPS) is 17.0. The molecule has 0 atom stereocenters. The minimum absolute atomic E-state index is 0.0510. The van der Waals surface area contributed by atoms with Crippen LogP contribution >= 0.6 is 0 Å². The summed E-state index contributed by atoms with van der Waals surface area (Å²) in [5.41, 5.74) is 0.246. The third-order valence-corrected chi connectivity index (χ3v) is 7.09. The van der Waals surface area contributed by atoms with E-state index >= 15 is 0 Å². The number of sulfonamides is 1. The van der Waals surface area contributed by atoms with Crippen LogP contribution in [0.15, 0.2) is 56.6 Å². The van der Waals surface area contributed by atoms with Gasteiger partial charge in [0.2, 0.25) is 0 Å². The largest absolute Gasteiger partial charge is 0.506 e. The monoisotopic (exact) mass is 439 g/mol. The van der Waals surface area contributed by atoms with Gasteiger partial charge in [0.05, 0.1) is 18.3 Å². The highest BCUT2D eigenvalue weighted by Crippen LogP contribution is 2.35. The Morgan fingerprint density at radius 3 is 2.74 bits per heavy atom. The van der Waals surface area contributed by atoms with Crippen molar-refractivity contribution in [2.24, 2.45) is 10.3 Å². The average Bonchev–Trinajstić information content (AvgIpc) is 3.58. The molecule has 3 aromatic rings. The first kappa shape index (κ1) is 19.6. The molecule has 2 aliphatic rings. The van der Waals surface area contributed by atoms with Gasteiger partial charge in [-0.2, -0.15) is 8.42 Å². The van der Waals surface area contributed by atoms with Crippen LogP contribution in [-0.2, 0) is 16.6 Å². The van der Waals surface area contributed by atoms with E-state index < -0.39 is 15.6 Å². The minimum atomic E-state index is -4.10. The van der Waals surface area contributed by atoms with Crippen LogP contribution in [-0.4, -0.2) is 31.0 Å². The van der Waals surface area contributed by atoms with Gasteiger partial charge in [0.25, 0.3) is 15.6 Å². The number of aromatic nitrogens is 1. The van der Waals surface area contributed by atoms with Crippen molar-refractivity contribution in [3.05, 3.63) is 58.4 Å². The lowest BCUT2D eigenvalue weighted by Crippen LogP contribution is -2.32. The van der Waals surface area contributed by atoms with Crippen LogP contribution in [0.5, 0.6) is 11.5 Å². The van der Waals surface area contributed by atoms with Gasteiger partial charge in [0.15, 0.2) is 5.84 Å². The first-order chi connectivity index (χ1) is 14.9. The standard InChI is InChI=1S/C22H21N3O5S/c1-30-14-8-9-16-18(12-14)31(28,29)24-21(23-16)19-20(26)15-4-2-3-5-17(15)25(22(19)27)11-10-13-6-7-13/h2-5,8-9,12-13,26H,6-7,10-11H2,1H3,(H,23,24). The van der Waals surface area contributed by atoms with E-state index in [1.165, 1.54) is 13.2 Å². The molecule has 1 saturated carbocycles. The summed E-state index contributed by atoms with van der Waals surface area (Å²) < 4.78 is 36.2. The molecule has 2 N–H and O–H groups in total.